The molecule has 1 amide bonds. The number of nitriles is 1. The Morgan fingerprint density at radius 1 is 1.24 bits per heavy atom. The third-order valence-electron chi connectivity index (χ3n) is 7.53. The average molecular weight is 547 g/mol. The second kappa shape index (κ2) is 9.07. The van der Waals surface area contributed by atoms with Gasteiger partial charge in [-0.3, -0.25) is 9.78 Å². The SMILES string of the molecule is CC(C)=C(C#N)C(=O)N1CCC2(CCc3[nH]c4c(Cl)c(Cl)cc(-c5ccnc(C(F)(F)F)c5)c4c3C2)C1. The Morgan fingerprint density at radius 3 is 2.68 bits per heavy atom. The van der Waals surface area contributed by atoms with Crippen molar-refractivity contribution in [1.82, 2.24) is 14.9 Å². The second-order valence-corrected chi connectivity index (χ2v) is 10.9. The molecule has 192 valence electrons. The third-order valence-corrected chi connectivity index (χ3v) is 8.32. The summed E-state index contributed by atoms with van der Waals surface area (Å²) < 4.78 is 40.3. The number of pyridine rings is 1. The van der Waals surface area contributed by atoms with Crippen molar-refractivity contribution in [3.63, 3.8) is 0 Å². The molecule has 2 aromatic heterocycles. The number of likely N-dealkylation sites (tertiary alicyclic amines) is 1. The molecule has 0 bridgehead atoms. The summed E-state index contributed by atoms with van der Waals surface area (Å²) in [5, 5.41) is 10.8. The molecule has 10 heteroatoms. The normalized spacial score (nSPS) is 19.2. The van der Waals surface area contributed by atoms with Crippen LogP contribution >= 0.6 is 23.2 Å². The minimum absolute atomic E-state index is 0.169. The molecule has 0 radical (unpaired) electrons. The number of amides is 1. The number of hydrogen-bond acceptors (Lipinski definition) is 3. The van der Waals surface area contributed by atoms with E-state index in [2.05, 4.69) is 9.97 Å². The number of nitrogens with zero attached hydrogens (tertiary/aromatic N) is 3. The molecular formula is C27H23Cl2F3N4O. The van der Waals surface area contributed by atoms with Gasteiger partial charge in [0.1, 0.15) is 17.3 Å². The fraction of sp³-hybridized carbons (Fsp3) is 0.370. The van der Waals surface area contributed by atoms with Gasteiger partial charge < -0.3 is 9.88 Å². The zero-order valence-electron chi connectivity index (χ0n) is 20.2. The predicted molar refractivity (Wildman–Crippen MR) is 136 cm³/mol. The molecule has 3 heterocycles. The highest BCUT2D eigenvalue weighted by atomic mass is 35.5. The lowest BCUT2D eigenvalue weighted by Crippen LogP contribution is -2.36. The molecule has 1 aliphatic heterocycles. The minimum atomic E-state index is -4.58. The fourth-order valence-electron chi connectivity index (χ4n) is 5.67. The van der Waals surface area contributed by atoms with Crippen LogP contribution in [-0.2, 0) is 23.8 Å². The lowest BCUT2D eigenvalue weighted by molar-refractivity contribution is -0.141. The van der Waals surface area contributed by atoms with Crippen LogP contribution in [0.5, 0.6) is 0 Å². The van der Waals surface area contributed by atoms with Gasteiger partial charge in [0.05, 0.1) is 15.6 Å². The molecule has 37 heavy (non-hydrogen) atoms. The number of H-pyrrole nitrogens is 1. The van der Waals surface area contributed by atoms with E-state index >= 15 is 0 Å². The number of nitrogens with one attached hydrogen (secondary N) is 1. The Morgan fingerprint density at radius 2 is 2.00 bits per heavy atom. The molecule has 1 spiro atoms. The lowest BCUT2D eigenvalue weighted by Gasteiger charge is -2.33. The van der Waals surface area contributed by atoms with Crippen molar-refractivity contribution in [2.45, 2.75) is 45.7 Å². The maximum Gasteiger partial charge on any atom is 0.433 e. The van der Waals surface area contributed by atoms with Crippen LogP contribution in [-0.4, -0.2) is 33.9 Å². The molecule has 1 unspecified atom stereocenters. The van der Waals surface area contributed by atoms with Crippen molar-refractivity contribution in [3.8, 4) is 17.2 Å². The molecule has 3 aromatic rings. The van der Waals surface area contributed by atoms with Gasteiger partial charge in [-0.15, -0.1) is 0 Å². The Bertz CT molecular complexity index is 1510. The van der Waals surface area contributed by atoms with Gasteiger partial charge in [-0.25, -0.2) is 0 Å². The highest BCUT2D eigenvalue weighted by Gasteiger charge is 2.44. The quantitative estimate of drug-likeness (QED) is 0.274. The maximum absolute atomic E-state index is 13.4. The number of aromatic amines is 1. The molecule has 1 saturated heterocycles. The van der Waals surface area contributed by atoms with Gasteiger partial charge in [0.15, 0.2) is 0 Å². The zero-order valence-corrected chi connectivity index (χ0v) is 21.7. The Kier molecular flexibility index (Phi) is 6.28. The van der Waals surface area contributed by atoms with Gasteiger partial charge in [-0.05, 0) is 79.8 Å². The summed E-state index contributed by atoms with van der Waals surface area (Å²) in [4.78, 5) is 21.6. The summed E-state index contributed by atoms with van der Waals surface area (Å²) in [5.41, 5.74) is 3.12. The van der Waals surface area contributed by atoms with Crippen LogP contribution in [0.4, 0.5) is 13.2 Å². The van der Waals surface area contributed by atoms with Gasteiger partial charge in [0, 0.05) is 30.4 Å². The van der Waals surface area contributed by atoms with Crippen LogP contribution in [0.1, 0.15) is 43.6 Å². The van der Waals surface area contributed by atoms with E-state index in [0.29, 0.717) is 53.2 Å². The summed E-state index contributed by atoms with van der Waals surface area (Å²) >= 11 is 13.0. The van der Waals surface area contributed by atoms with Crippen molar-refractivity contribution in [1.29, 1.82) is 5.26 Å². The first-order valence-electron chi connectivity index (χ1n) is 11.9. The van der Waals surface area contributed by atoms with Gasteiger partial charge in [0.25, 0.3) is 5.91 Å². The molecule has 1 atom stereocenters. The number of alkyl halides is 3. The van der Waals surface area contributed by atoms with Crippen molar-refractivity contribution < 1.29 is 18.0 Å². The summed E-state index contributed by atoms with van der Waals surface area (Å²) in [5.74, 6) is -0.254. The van der Waals surface area contributed by atoms with E-state index in [4.69, 9.17) is 23.2 Å². The van der Waals surface area contributed by atoms with Crippen molar-refractivity contribution >= 4 is 40.0 Å². The number of allylic oxidation sites excluding steroid dienone is 1. The van der Waals surface area contributed by atoms with Crippen molar-refractivity contribution in [3.05, 3.63) is 62.5 Å². The third kappa shape index (κ3) is 4.38. The highest BCUT2D eigenvalue weighted by Crippen LogP contribution is 2.49. The number of benzene rings is 1. The standard InChI is InChI=1S/C27H23Cl2F3N4O/c1-14(2)18(12-33)25(37)36-8-6-26(13-36)5-3-20-17(11-26)22-16(10-19(28)23(29)24(22)35-20)15-4-7-34-21(9-15)27(30,31)32/h4,7,9-10,35H,3,5-6,8,11,13H2,1-2H3. The first-order valence-corrected chi connectivity index (χ1v) is 12.6. The summed E-state index contributed by atoms with van der Waals surface area (Å²) in [7, 11) is 0. The number of hydrogen-bond donors (Lipinski definition) is 1. The summed E-state index contributed by atoms with van der Waals surface area (Å²) in [6.07, 6.45) is -0.496. The van der Waals surface area contributed by atoms with Crippen LogP contribution in [0.15, 0.2) is 35.5 Å². The topological polar surface area (TPSA) is 72.8 Å². The Hall–Kier alpha value is -3.02. The van der Waals surface area contributed by atoms with Gasteiger partial charge in [-0.2, -0.15) is 18.4 Å². The number of halogens is 5. The molecule has 5 rings (SSSR count). The smallest absolute Gasteiger partial charge is 0.357 e. The van der Waals surface area contributed by atoms with Crippen molar-refractivity contribution in [2.24, 2.45) is 5.41 Å². The van der Waals surface area contributed by atoms with Crippen LogP contribution < -0.4 is 0 Å². The highest BCUT2D eigenvalue weighted by molar-refractivity contribution is 6.45. The van der Waals surface area contributed by atoms with Gasteiger partial charge in [-0.1, -0.05) is 28.8 Å². The van der Waals surface area contributed by atoms with Crippen LogP contribution in [0.3, 0.4) is 0 Å². The van der Waals surface area contributed by atoms with E-state index in [1.54, 1.807) is 24.8 Å². The molecule has 5 nitrogen and oxygen atoms in total. The number of rotatable bonds is 2. The minimum Gasteiger partial charge on any atom is -0.357 e. The van der Waals surface area contributed by atoms with Crippen LogP contribution in [0, 0.1) is 16.7 Å². The van der Waals surface area contributed by atoms with Crippen LogP contribution in [0.2, 0.25) is 10.0 Å². The monoisotopic (exact) mass is 546 g/mol. The van der Waals surface area contributed by atoms with Gasteiger partial charge in [0.2, 0.25) is 0 Å². The number of aromatic nitrogens is 2. The number of aryl methyl sites for hydroxylation is 1. The zero-order chi connectivity index (χ0) is 26.7. The second-order valence-electron chi connectivity index (χ2n) is 10.1. The van der Waals surface area contributed by atoms with E-state index in [1.807, 2.05) is 6.07 Å². The average Bonchev–Trinajstić information content (AvgIpc) is 3.43. The maximum atomic E-state index is 13.4. The van der Waals surface area contributed by atoms with E-state index in [1.165, 1.54) is 6.07 Å². The molecule has 0 saturated carbocycles. The molecular weight excluding hydrogens is 524 g/mol. The predicted octanol–water partition coefficient (Wildman–Crippen LogP) is 7.12. The number of carbonyl (C=O) groups excluding carboxylic acids is 1. The lowest BCUT2D eigenvalue weighted by atomic mass is 9.72. The van der Waals surface area contributed by atoms with Crippen molar-refractivity contribution in [2.75, 3.05) is 13.1 Å². The van der Waals surface area contributed by atoms with E-state index in [9.17, 15) is 23.2 Å². The molecule has 1 N–H and O–H groups in total. The summed E-state index contributed by atoms with van der Waals surface area (Å²) in [6.45, 7) is 4.57. The first-order chi connectivity index (χ1) is 17.4. The number of fused-ring (bicyclic) bond motifs is 3. The number of carbonyl (C=O) groups is 1. The summed E-state index contributed by atoms with van der Waals surface area (Å²) in [6, 6.07) is 6.19. The van der Waals surface area contributed by atoms with E-state index < -0.39 is 11.9 Å². The van der Waals surface area contributed by atoms with Gasteiger partial charge >= 0.3 is 6.18 Å². The van der Waals surface area contributed by atoms with Crippen LogP contribution in [0.25, 0.3) is 22.0 Å². The fourth-order valence-corrected chi connectivity index (χ4v) is 6.07. The largest absolute Gasteiger partial charge is 0.433 e. The Labute approximate surface area is 221 Å². The first kappa shape index (κ1) is 25.6. The van der Waals surface area contributed by atoms with E-state index in [-0.39, 0.29) is 21.9 Å². The molecule has 1 fully saturated rings. The van der Waals surface area contributed by atoms with E-state index in [0.717, 1.165) is 41.7 Å². The molecule has 1 aliphatic carbocycles. The molecule has 1 aromatic carbocycles. The molecule has 2 aliphatic rings. The Balaban J connectivity index is 1.59.